The molecule has 1 heterocycles. The Morgan fingerprint density at radius 1 is 1.53 bits per heavy atom. The molecule has 0 amide bonds. The molecule has 0 aliphatic heterocycles. The van der Waals surface area contributed by atoms with Gasteiger partial charge < -0.3 is 15.0 Å². The average molecular weight is 211 g/mol. The van der Waals surface area contributed by atoms with Crippen LogP contribution in [0.25, 0.3) is 0 Å². The van der Waals surface area contributed by atoms with E-state index >= 15 is 0 Å². The summed E-state index contributed by atoms with van der Waals surface area (Å²) in [5.74, 6) is 1.44. The van der Waals surface area contributed by atoms with Gasteiger partial charge in [0, 0.05) is 32.6 Å². The van der Waals surface area contributed by atoms with Crippen LogP contribution in [0.3, 0.4) is 0 Å². The van der Waals surface area contributed by atoms with Crippen LogP contribution < -0.4 is 5.32 Å². The second kappa shape index (κ2) is 6.45. The lowest BCUT2D eigenvalue weighted by Gasteiger charge is -2.15. The van der Waals surface area contributed by atoms with Gasteiger partial charge in [0.15, 0.2) is 0 Å². The summed E-state index contributed by atoms with van der Waals surface area (Å²) in [7, 11) is 1.97. The van der Waals surface area contributed by atoms with Crippen LogP contribution in [0.1, 0.15) is 26.2 Å². The Labute approximate surface area is 91.3 Å². The second-order valence-corrected chi connectivity index (χ2v) is 3.91. The Bertz CT molecular complexity index is 267. The van der Waals surface area contributed by atoms with Crippen LogP contribution in [0.2, 0.25) is 0 Å². The number of aliphatic hydroxyl groups excluding tert-OH is 1. The third-order valence-electron chi connectivity index (χ3n) is 2.60. The van der Waals surface area contributed by atoms with E-state index in [9.17, 15) is 0 Å². The number of aliphatic hydroxyl groups is 1. The van der Waals surface area contributed by atoms with Gasteiger partial charge in [0.2, 0.25) is 5.95 Å². The minimum Gasteiger partial charge on any atom is -0.396 e. The highest BCUT2D eigenvalue weighted by Gasteiger charge is 2.07. The number of aromatic nitrogens is 2. The van der Waals surface area contributed by atoms with Gasteiger partial charge in [-0.1, -0.05) is 13.3 Å². The zero-order chi connectivity index (χ0) is 11.1. The zero-order valence-electron chi connectivity index (χ0n) is 9.61. The van der Waals surface area contributed by atoms with Crippen LogP contribution in [-0.4, -0.2) is 27.8 Å². The highest BCUT2D eigenvalue weighted by Crippen LogP contribution is 2.12. The summed E-state index contributed by atoms with van der Waals surface area (Å²) in [6.45, 7) is 3.33. The van der Waals surface area contributed by atoms with Crippen LogP contribution in [0.4, 0.5) is 5.95 Å². The molecule has 1 rings (SSSR count). The van der Waals surface area contributed by atoms with Crippen molar-refractivity contribution in [2.75, 3.05) is 18.5 Å². The summed E-state index contributed by atoms with van der Waals surface area (Å²) in [4.78, 5) is 4.20. The summed E-state index contributed by atoms with van der Waals surface area (Å²) in [5, 5.41) is 12.2. The molecule has 0 spiro atoms. The monoisotopic (exact) mass is 211 g/mol. The third-order valence-corrected chi connectivity index (χ3v) is 2.60. The summed E-state index contributed by atoms with van der Waals surface area (Å²) in [6.07, 6.45) is 6.88. The quantitative estimate of drug-likeness (QED) is 0.720. The van der Waals surface area contributed by atoms with Crippen molar-refractivity contribution >= 4 is 5.95 Å². The predicted molar refractivity (Wildman–Crippen MR) is 61.8 cm³/mol. The number of rotatable bonds is 7. The van der Waals surface area contributed by atoms with Gasteiger partial charge >= 0.3 is 0 Å². The van der Waals surface area contributed by atoms with Crippen LogP contribution >= 0.6 is 0 Å². The molecular formula is C11H21N3O. The van der Waals surface area contributed by atoms with Crippen molar-refractivity contribution in [2.24, 2.45) is 13.0 Å². The maximum atomic E-state index is 8.93. The Morgan fingerprint density at radius 2 is 2.33 bits per heavy atom. The first-order valence-corrected chi connectivity index (χ1v) is 5.60. The number of nitrogens with zero attached hydrogens (tertiary/aromatic N) is 2. The summed E-state index contributed by atoms with van der Waals surface area (Å²) >= 11 is 0. The van der Waals surface area contributed by atoms with Crippen molar-refractivity contribution in [2.45, 2.75) is 26.2 Å². The summed E-state index contributed by atoms with van der Waals surface area (Å²) in [5.41, 5.74) is 0. The van der Waals surface area contributed by atoms with Gasteiger partial charge in [0.25, 0.3) is 0 Å². The normalized spacial score (nSPS) is 12.7. The van der Waals surface area contributed by atoms with E-state index in [2.05, 4.69) is 17.2 Å². The van der Waals surface area contributed by atoms with Gasteiger partial charge in [-0.2, -0.15) is 0 Å². The van der Waals surface area contributed by atoms with Crippen molar-refractivity contribution < 1.29 is 5.11 Å². The maximum Gasteiger partial charge on any atom is 0.202 e. The molecule has 4 heteroatoms. The minimum atomic E-state index is 0.271. The van der Waals surface area contributed by atoms with Crippen LogP contribution in [-0.2, 0) is 7.05 Å². The number of imidazole rings is 1. The third kappa shape index (κ3) is 3.91. The Kier molecular flexibility index (Phi) is 5.18. The lowest BCUT2D eigenvalue weighted by Crippen LogP contribution is -2.17. The van der Waals surface area contributed by atoms with E-state index in [1.165, 1.54) is 0 Å². The SMILES string of the molecule is CCCC(CCO)CNc1nccn1C. The molecule has 0 bridgehead atoms. The van der Waals surface area contributed by atoms with E-state index in [0.29, 0.717) is 5.92 Å². The van der Waals surface area contributed by atoms with E-state index in [4.69, 9.17) is 5.11 Å². The lowest BCUT2D eigenvalue weighted by atomic mass is 10.0. The van der Waals surface area contributed by atoms with Crippen molar-refractivity contribution in [1.82, 2.24) is 9.55 Å². The fourth-order valence-corrected chi connectivity index (χ4v) is 1.71. The topological polar surface area (TPSA) is 50.1 Å². The highest BCUT2D eigenvalue weighted by molar-refractivity contribution is 5.25. The predicted octanol–water partition coefficient (Wildman–Crippen LogP) is 1.63. The molecule has 1 unspecified atom stereocenters. The molecule has 0 aliphatic carbocycles. The molecule has 1 atom stereocenters. The largest absolute Gasteiger partial charge is 0.396 e. The van der Waals surface area contributed by atoms with E-state index in [1.54, 1.807) is 6.20 Å². The van der Waals surface area contributed by atoms with Crippen molar-refractivity contribution in [3.8, 4) is 0 Å². The molecule has 0 aromatic carbocycles. The standard InChI is InChI=1S/C11H21N3O/c1-3-4-10(5-8-15)9-13-11-12-6-7-14(11)2/h6-7,10,15H,3-5,8-9H2,1-2H3,(H,12,13). The van der Waals surface area contributed by atoms with E-state index in [1.807, 2.05) is 17.8 Å². The van der Waals surface area contributed by atoms with Gasteiger partial charge in [-0.15, -0.1) is 0 Å². The first-order valence-electron chi connectivity index (χ1n) is 5.60. The zero-order valence-corrected chi connectivity index (χ0v) is 9.61. The number of nitrogens with one attached hydrogen (secondary N) is 1. The Hall–Kier alpha value is -1.03. The molecule has 15 heavy (non-hydrogen) atoms. The smallest absolute Gasteiger partial charge is 0.202 e. The van der Waals surface area contributed by atoms with E-state index in [0.717, 1.165) is 31.8 Å². The molecule has 0 saturated heterocycles. The second-order valence-electron chi connectivity index (χ2n) is 3.91. The van der Waals surface area contributed by atoms with Gasteiger partial charge in [-0.3, -0.25) is 0 Å². The Balaban J connectivity index is 2.36. The lowest BCUT2D eigenvalue weighted by molar-refractivity contribution is 0.255. The van der Waals surface area contributed by atoms with E-state index < -0.39 is 0 Å². The summed E-state index contributed by atoms with van der Waals surface area (Å²) in [6, 6.07) is 0. The summed E-state index contributed by atoms with van der Waals surface area (Å²) < 4.78 is 1.96. The molecule has 1 aromatic heterocycles. The number of anilines is 1. The molecule has 0 aliphatic rings. The van der Waals surface area contributed by atoms with Crippen LogP contribution in [0.5, 0.6) is 0 Å². The van der Waals surface area contributed by atoms with E-state index in [-0.39, 0.29) is 6.61 Å². The van der Waals surface area contributed by atoms with Crippen LogP contribution in [0, 0.1) is 5.92 Å². The van der Waals surface area contributed by atoms with Crippen LogP contribution in [0.15, 0.2) is 12.4 Å². The fourth-order valence-electron chi connectivity index (χ4n) is 1.71. The number of hydrogen-bond donors (Lipinski definition) is 2. The molecule has 0 saturated carbocycles. The molecule has 86 valence electrons. The van der Waals surface area contributed by atoms with Gasteiger partial charge in [-0.25, -0.2) is 4.98 Å². The van der Waals surface area contributed by atoms with Gasteiger partial charge in [0.1, 0.15) is 0 Å². The highest BCUT2D eigenvalue weighted by atomic mass is 16.3. The molecule has 0 fully saturated rings. The average Bonchev–Trinajstić information content (AvgIpc) is 2.61. The first-order chi connectivity index (χ1) is 7.27. The molecule has 0 radical (unpaired) electrons. The molecule has 2 N–H and O–H groups in total. The van der Waals surface area contributed by atoms with Gasteiger partial charge in [-0.05, 0) is 18.8 Å². The fraction of sp³-hybridized carbons (Fsp3) is 0.727. The first kappa shape index (κ1) is 12.0. The Morgan fingerprint density at radius 3 is 2.87 bits per heavy atom. The number of aryl methyl sites for hydroxylation is 1. The van der Waals surface area contributed by atoms with Gasteiger partial charge in [0.05, 0.1) is 0 Å². The minimum absolute atomic E-state index is 0.271. The van der Waals surface area contributed by atoms with Crippen molar-refractivity contribution in [3.63, 3.8) is 0 Å². The van der Waals surface area contributed by atoms with Crippen molar-refractivity contribution in [1.29, 1.82) is 0 Å². The molecule has 4 nitrogen and oxygen atoms in total. The van der Waals surface area contributed by atoms with Crippen molar-refractivity contribution in [3.05, 3.63) is 12.4 Å². The molecule has 1 aromatic rings. The number of hydrogen-bond acceptors (Lipinski definition) is 3. The molecular weight excluding hydrogens is 190 g/mol. The maximum absolute atomic E-state index is 8.93.